The first-order valence-electron chi connectivity index (χ1n) is 6.68. The number of aromatic nitrogens is 2. The topological polar surface area (TPSA) is 92.3 Å². The van der Waals surface area contributed by atoms with E-state index in [0.29, 0.717) is 17.9 Å². The Morgan fingerprint density at radius 2 is 2.05 bits per heavy atom. The average Bonchev–Trinajstić information content (AvgIpc) is 2.48. The molecule has 0 aliphatic heterocycles. The van der Waals surface area contributed by atoms with Gasteiger partial charge in [-0.2, -0.15) is 5.10 Å². The molecule has 2 aromatic rings. The molecule has 1 heterocycles. The van der Waals surface area contributed by atoms with Crippen molar-refractivity contribution in [2.75, 3.05) is 6.61 Å². The molecule has 0 aliphatic carbocycles. The zero-order valence-electron chi connectivity index (χ0n) is 11.6. The number of hydrogen-bond acceptors (Lipinski definition) is 4. The number of unbranched alkanes of at least 4 members (excludes halogenated alkanes) is 1. The van der Waals surface area contributed by atoms with Crippen LogP contribution in [0.1, 0.15) is 30.1 Å². The highest BCUT2D eigenvalue weighted by Gasteiger charge is 2.11. The van der Waals surface area contributed by atoms with Gasteiger partial charge >= 0.3 is 5.97 Å². The van der Waals surface area contributed by atoms with Crippen molar-refractivity contribution in [2.45, 2.75) is 19.8 Å². The summed E-state index contributed by atoms with van der Waals surface area (Å²) >= 11 is 0. The molecule has 0 bridgehead atoms. The van der Waals surface area contributed by atoms with Gasteiger partial charge in [0.2, 0.25) is 0 Å². The van der Waals surface area contributed by atoms with E-state index >= 15 is 0 Å². The number of rotatable bonds is 6. The van der Waals surface area contributed by atoms with Crippen LogP contribution in [-0.4, -0.2) is 27.9 Å². The lowest BCUT2D eigenvalue weighted by atomic mass is 10.1. The summed E-state index contributed by atoms with van der Waals surface area (Å²) in [7, 11) is 0. The van der Waals surface area contributed by atoms with Crippen molar-refractivity contribution in [2.24, 2.45) is 0 Å². The monoisotopic (exact) mass is 288 g/mol. The molecule has 0 saturated heterocycles. The van der Waals surface area contributed by atoms with Crippen molar-refractivity contribution in [3.8, 4) is 17.0 Å². The fraction of sp³-hybridized carbons (Fsp3) is 0.267. The number of hydrogen-bond donors (Lipinski definition) is 2. The third-order valence-electron chi connectivity index (χ3n) is 2.95. The minimum atomic E-state index is -1.28. The smallest absolute Gasteiger partial charge is 0.341 e. The van der Waals surface area contributed by atoms with Crippen LogP contribution in [0.2, 0.25) is 0 Å². The molecule has 6 nitrogen and oxygen atoms in total. The van der Waals surface area contributed by atoms with Gasteiger partial charge in [0.05, 0.1) is 12.3 Å². The van der Waals surface area contributed by atoms with E-state index in [-0.39, 0.29) is 5.56 Å². The Labute approximate surface area is 121 Å². The Bertz CT molecular complexity index is 677. The summed E-state index contributed by atoms with van der Waals surface area (Å²) in [4.78, 5) is 22.3. The number of nitrogens with one attached hydrogen (secondary N) is 1. The van der Waals surface area contributed by atoms with E-state index in [0.717, 1.165) is 18.6 Å². The molecule has 110 valence electrons. The van der Waals surface area contributed by atoms with Crippen LogP contribution in [0.4, 0.5) is 0 Å². The van der Waals surface area contributed by atoms with Crippen LogP contribution >= 0.6 is 0 Å². The minimum absolute atomic E-state index is 0.330. The first kappa shape index (κ1) is 14.8. The van der Waals surface area contributed by atoms with Crippen LogP contribution in [-0.2, 0) is 0 Å². The number of aromatic carboxylic acids is 1. The molecular weight excluding hydrogens is 272 g/mol. The fourth-order valence-corrected chi connectivity index (χ4v) is 1.77. The molecule has 0 spiro atoms. The maximum Gasteiger partial charge on any atom is 0.341 e. The van der Waals surface area contributed by atoms with Crippen LogP contribution < -0.4 is 10.3 Å². The molecule has 0 atom stereocenters. The molecule has 0 fully saturated rings. The number of carboxylic acid groups (broad SMARTS) is 1. The second-order valence-corrected chi connectivity index (χ2v) is 4.53. The van der Waals surface area contributed by atoms with Gasteiger partial charge in [-0.15, -0.1) is 0 Å². The molecule has 0 radical (unpaired) electrons. The largest absolute Gasteiger partial charge is 0.494 e. The predicted molar refractivity (Wildman–Crippen MR) is 77.7 cm³/mol. The van der Waals surface area contributed by atoms with Crippen LogP contribution in [0, 0.1) is 0 Å². The van der Waals surface area contributed by atoms with E-state index in [1.54, 1.807) is 24.3 Å². The van der Waals surface area contributed by atoms with Gasteiger partial charge in [0.15, 0.2) is 0 Å². The highest BCUT2D eigenvalue weighted by molar-refractivity contribution is 5.88. The molecule has 2 N–H and O–H groups in total. The Kier molecular flexibility index (Phi) is 4.71. The van der Waals surface area contributed by atoms with Crippen LogP contribution in [0.3, 0.4) is 0 Å². The third kappa shape index (κ3) is 3.68. The van der Waals surface area contributed by atoms with Crippen LogP contribution in [0.5, 0.6) is 5.75 Å². The zero-order valence-corrected chi connectivity index (χ0v) is 11.6. The molecule has 0 saturated carbocycles. The van der Waals surface area contributed by atoms with Gasteiger partial charge in [-0.3, -0.25) is 4.79 Å². The zero-order chi connectivity index (χ0) is 15.2. The molecule has 6 heteroatoms. The second kappa shape index (κ2) is 6.69. The van der Waals surface area contributed by atoms with Gasteiger partial charge in [0.1, 0.15) is 11.3 Å². The lowest BCUT2D eigenvalue weighted by molar-refractivity contribution is 0.0694. The van der Waals surface area contributed by atoms with Gasteiger partial charge in [-0.05, 0) is 36.8 Å². The van der Waals surface area contributed by atoms with Crippen molar-refractivity contribution in [3.63, 3.8) is 0 Å². The number of ether oxygens (including phenoxy) is 1. The second-order valence-electron chi connectivity index (χ2n) is 4.53. The molecule has 21 heavy (non-hydrogen) atoms. The van der Waals surface area contributed by atoms with Crippen molar-refractivity contribution in [1.82, 2.24) is 10.2 Å². The number of nitrogens with zero attached hydrogens (tertiary/aromatic N) is 1. The normalized spacial score (nSPS) is 10.3. The van der Waals surface area contributed by atoms with E-state index < -0.39 is 11.5 Å². The maximum atomic E-state index is 11.3. The SMILES string of the molecule is CCCCOc1ccc(-c2cc(C(=O)O)c(=O)[nH]n2)cc1. The van der Waals surface area contributed by atoms with Gasteiger partial charge in [-0.1, -0.05) is 13.3 Å². The Hall–Kier alpha value is -2.63. The minimum Gasteiger partial charge on any atom is -0.494 e. The van der Waals surface area contributed by atoms with Crippen LogP contribution in [0.25, 0.3) is 11.3 Å². The summed E-state index contributed by atoms with van der Waals surface area (Å²) in [6, 6.07) is 8.38. The molecule has 2 rings (SSSR count). The molecule has 1 aromatic carbocycles. The standard InChI is InChI=1S/C15H16N2O4/c1-2-3-8-21-11-6-4-10(5-7-11)13-9-12(15(19)20)14(18)17-16-13/h4-7,9H,2-3,8H2,1H3,(H,17,18)(H,19,20). The molecule has 0 unspecified atom stereocenters. The molecule has 0 aliphatic rings. The predicted octanol–water partition coefficient (Wildman–Crippen LogP) is 2.31. The van der Waals surface area contributed by atoms with E-state index in [2.05, 4.69) is 17.1 Å². The van der Waals surface area contributed by atoms with Gasteiger partial charge < -0.3 is 9.84 Å². The first-order chi connectivity index (χ1) is 10.1. The summed E-state index contributed by atoms with van der Waals surface area (Å²) in [6.07, 6.45) is 2.06. The number of carbonyl (C=O) groups is 1. The summed E-state index contributed by atoms with van der Waals surface area (Å²) in [6.45, 7) is 2.75. The lowest BCUT2D eigenvalue weighted by Crippen LogP contribution is -2.18. The van der Waals surface area contributed by atoms with Crippen molar-refractivity contribution in [3.05, 3.63) is 46.2 Å². The maximum absolute atomic E-state index is 11.3. The average molecular weight is 288 g/mol. The van der Waals surface area contributed by atoms with Gasteiger partial charge in [0.25, 0.3) is 5.56 Å². The summed E-state index contributed by atoms with van der Waals surface area (Å²) in [5.41, 5.74) is 0.0535. The lowest BCUT2D eigenvalue weighted by Gasteiger charge is -2.06. The highest BCUT2D eigenvalue weighted by atomic mass is 16.5. The Morgan fingerprint density at radius 3 is 2.67 bits per heavy atom. The number of benzene rings is 1. The third-order valence-corrected chi connectivity index (χ3v) is 2.95. The number of aromatic amines is 1. The van der Waals surface area contributed by atoms with Gasteiger partial charge in [-0.25, -0.2) is 9.89 Å². The summed E-state index contributed by atoms with van der Waals surface area (Å²) < 4.78 is 5.55. The first-order valence-corrected chi connectivity index (χ1v) is 6.68. The summed E-state index contributed by atoms with van der Waals surface area (Å²) in [5, 5.41) is 15.0. The molecule has 1 aromatic heterocycles. The van der Waals surface area contributed by atoms with Crippen molar-refractivity contribution in [1.29, 1.82) is 0 Å². The molecule has 0 amide bonds. The van der Waals surface area contributed by atoms with E-state index in [9.17, 15) is 9.59 Å². The molecular formula is C15H16N2O4. The summed E-state index contributed by atoms with van der Waals surface area (Å²) in [5.74, 6) is -0.533. The number of carboxylic acids is 1. The van der Waals surface area contributed by atoms with Crippen LogP contribution in [0.15, 0.2) is 35.1 Å². The van der Waals surface area contributed by atoms with Crippen molar-refractivity contribution >= 4 is 5.97 Å². The quantitative estimate of drug-likeness (QED) is 0.796. The van der Waals surface area contributed by atoms with E-state index in [1.807, 2.05) is 0 Å². The van der Waals surface area contributed by atoms with Gasteiger partial charge in [0, 0.05) is 5.56 Å². The number of H-pyrrole nitrogens is 1. The Morgan fingerprint density at radius 1 is 1.33 bits per heavy atom. The highest BCUT2D eigenvalue weighted by Crippen LogP contribution is 2.20. The Balaban J connectivity index is 2.20. The fourth-order valence-electron chi connectivity index (χ4n) is 1.77. The van der Waals surface area contributed by atoms with E-state index in [1.165, 1.54) is 6.07 Å². The van der Waals surface area contributed by atoms with Crippen molar-refractivity contribution < 1.29 is 14.6 Å². The van der Waals surface area contributed by atoms with E-state index in [4.69, 9.17) is 9.84 Å².